The lowest BCUT2D eigenvalue weighted by atomic mass is 9.90. The average molecular weight is 295 g/mol. The number of halogens is 1. The Kier molecular flexibility index (Phi) is 4.67. The fourth-order valence-electron chi connectivity index (χ4n) is 2.87. The predicted molar refractivity (Wildman–Crippen MR) is 78.9 cm³/mol. The largest absolute Gasteiger partial charge is 0.0888 e. The maximum Gasteiger partial charge on any atom is 0.0177 e. The number of aryl methyl sites for hydroxylation is 2. The first kappa shape index (κ1) is 13.1. The summed E-state index contributed by atoms with van der Waals surface area (Å²) in [4.78, 5) is 0.727. The van der Waals surface area contributed by atoms with E-state index in [1.165, 1.54) is 49.7 Å². The van der Waals surface area contributed by atoms with E-state index in [-0.39, 0.29) is 0 Å². The minimum absolute atomic E-state index is 0.727. The molecule has 1 fully saturated rings. The van der Waals surface area contributed by atoms with E-state index in [9.17, 15) is 0 Å². The van der Waals surface area contributed by atoms with E-state index in [1.54, 1.807) is 5.56 Å². The number of hydrogen-bond acceptors (Lipinski definition) is 0. The lowest BCUT2D eigenvalue weighted by Crippen LogP contribution is -2.16. The van der Waals surface area contributed by atoms with Gasteiger partial charge in [-0.2, -0.15) is 0 Å². The van der Waals surface area contributed by atoms with Crippen molar-refractivity contribution in [3.63, 3.8) is 0 Å². The van der Waals surface area contributed by atoms with Crippen LogP contribution in [0.2, 0.25) is 0 Å². The molecule has 1 aliphatic carbocycles. The van der Waals surface area contributed by atoms with Gasteiger partial charge in [0.1, 0.15) is 0 Å². The highest BCUT2D eigenvalue weighted by Gasteiger charge is 2.21. The molecule has 94 valence electrons. The molecule has 1 heteroatoms. The van der Waals surface area contributed by atoms with Gasteiger partial charge in [0.25, 0.3) is 0 Å². The van der Waals surface area contributed by atoms with Crippen molar-refractivity contribution in [1.29, 1.82) is 0 Å². The summed E-state index contributed by atoms with van der Waals surface area (Å²) in [5, 5.41) is 0. The molecular formula is C16H23Br. The summed E-state index contributed by atoms with van der Waals surface area (Å²) in [5.74, 6) is 0.831. The van der Waals surface area contributed by atoms with E-state index in [0.29, 0.717) is 0 Å². The van der Waals surface area contributed by atoms with Crippen LogP contribution in [-0.2, 0) is 6.42 Å². The Bertz CT molecular complexity index is 370. The molecule has 0 aliphatic heterocycles. The third-order valence-corrected chi connectivity index (χ3v) is 5.26. The Hall–Kier alpha value is -0.300. The molecule has 0 heterocycles. The zero-order valence-electron chi connectivity index (χ0n) is 11.0. The summed E-state index contributed by atoms with van der Waals surface area (Å²) < 4.78 is 0. The molecule has 1 aromatic carbocycles. The Morgan fingerprint density at radius 1 is 1.12 bits per heavy atom. The molecule has 1 saturated carbocycles. The average Bonchev–Trinajstić information content (AvgIpc) is 2.50. The van der Waals surface area contributed by atoms with Crippen LogP contribution in [0.1, 0.15) is 48.8 Å². The zero-order chi connectivity index (χ0) is 12.3. The Morgan fingerprint density at radius 2 is 1.88 bits per heavy atom. The highest BCUT2D eigenvalue weighted by molar-refractivity contribution is 9.09. The van der Waals surface area contributed by atoms with E-state index in [2.05, 4.69) is 48.0 Å². The molecule has 17 heavy (non-hydrogen) atoms. The molecule has 0 bridgehead atoms. The van der Waals surface area contributed by atoms with Gasteiger partial charge in [0.15, 0.2) is 0 Å². The third kappa shape index (κ3) is 3.58. The second kappa shape index (κ2) is 6.04. The monoisotopic (exact) mass is 294 g/mol. The van der Waals surface area contributed by atoms with E-state index in [1.807, 2.05) is 0 Å². The van der Waals surface area contributed by atoms with Crippen molar-refractivity contribution in [3.05, 3.63) is 34.9 Å². The molecule has 0 aromatic heterocycles. The topological polar surface area (TPSA) is 0 Å². The van der Waals surface area contributed by atoms with Gasteiger partial charge in [-0.15, -0.1) is 0 Å². The van der Waals surface area contributed by atoms with Crippen molar-refractivity contribution in [1.82, 2.24) is 0 Å². The Labute approximate surface area is 114 Å². The standard InChI is InChI=1S/C16H23Br/c1-12-8-9-13(2)15(10-12)11-14-6-4-3-5-7-16(14)17/h8-10,14,16H,3-7,11H2,1-2H3. The van der Waals surface area contributed by atoms with E-state index >= 15 is 0 Å². The second-order valence-corrected chi connectivity index (χ2v) is 6.72. The van der Waals surface area contributed by atoms with Gasteiger partial charge in [0.2, 0.25) is 0 Å². The van der Waals surface area contributed by atoms with Crippen LogP contribution in [0, 0.1) is 19.8 Å². The van der Waals surface area contributed by atoms with Gasteiger partial charge in [-0.05, 0) is 50.2 Å². The quantitative estimate of drug-likeness (QED) is 0.520. The third-order valence-electron chi connectivity index (χ3n) is 4.05. The summed E-state index contributed by atoms with van der Waals surface area (Å²) in [6, 6.07) is 6.86. The number of benzene rings is 1. The first-order valence-electron chi connectivity index (χ1n) is 6.87. The van der Waals surface area contributed by atoms with E-state index in [0.717, 1.165) is 10.7 Å². The van der Waals surface area contributed by atoms with E-state index < -0.39 is 0 Å². The summed E-state index contributed by atoms with van der Waals surface area (Å²) in [7, 11) is 0. The van der Waals surface area contributed by atoms with Gasteiger partial charge < -0.3 is 0 Å². The first-order valence-corrected chi connectivity index (χ1v) is 7.78. The maximum absolute atomic E-state index is 3.91. The molecule has 0 nitrogen and oxygen atoms in total. The molecule has 1 aliphatic rings. The summed E-state index contributed by atoms with van der Waals surface area (Å²) in [6.07, 6.45) is 8.24. The van der Waals surface area contributed by atoms with Crippen LogP contribution in [0.4, 0.5) is 0 Å². The van der Waals surface area contributed by atoms with Gasteiger partial charge in [0.05, 0.1) is 0 Å². The predicted octanol–water partition coefficient (Wildman–Crippen LogP) is 5.19. The minimum atomic E-state index is 0.727. The molecule has 0 saturated heterocycles. The van der Waals surface area contributed by atoms with Crippen LogP contribution in [0.15, 0.2) is 18.2 Å². The molecule has 0 N–H and O–H groups in total. The van der Waals surface area contributed by atoms with Crippen molar-refractivity contribution in [2.24, 2.45) is 5.92 Å². The normalized spacial score (nSPS) is 25.6. The molecule has 2 unspecified atom stereocenters. The molecule has 0 amide bonds. The van der Waals surface area contributed by atoms with Crippen molar-refractivity contribution in [2.75, 3.05) is 0 Å². The highest BCUT2D eigenvalue weighted by atomic mass is 79.9. The maximum atomic E-state index is 3.91. The summed E-state index contributed by atoms with van der Waals surface area (Å²) in [6.45, 7) is 4.44. The van der Waals surface area contributed by atoms with Gasteiger partial charge in [-0.1, -0.05) is 59.0 Å². The van der Waals surface area contributed by atoms with Gasteiger partial charge in [-0.3, -0.25) is 0 Å². The SMILES string of the molecule is Cc1ccc(C)c(CC2CCCCCC2Br)c1. The zero-order valence-corrected chi connectivity index (χ0v) is 12.6. The van der Waals surface area contributed by atoms with Crippen LogP contribution in [-0.4, -0.2) is 4.83 Å². The van der Waals surface area contributed by atoms with Gasteiger partial charge >= 0.3 is 0 Å². The molecule has 1 aromatic rings. The Balaban J connectivity index is 2.10. The van der Waals surface area contributed by atoms with Gasteiger partial charge in [0, 0.05) is 4.83 Å². The van der Waals surface area contributed by atoms with Crippen molar-refractivity contribution >= 4 is 15.9 Å². The fourth-order valence-corrected chi connectivity index (χ4v) is 3.65. The second-order valence-electron chi connectivity index (χ2n) is 5.55. The molecule has 2 atom stereocenters. The highest BCUT2D eigenvalue weighted by Crippen LogP contribution is 2.32. The van der Waals surface area contributed by atoms with Crippen LogP contribution in [0.5, 0.6) is 0 Å². The lowest BCUT2D eigenvalue weighted by molar-refractivity contribution is 0.474. The summed E-state index contributed by atoms with van der Waals surface area (Å²) in [5.41, 5.74) is 4.41. The molecule has 0 radical (unpaired) electrons. The lowest BCUT2D eigenvalue weighted by Gasteiger charge is -2.21. The van der Waals surface area contributed by atoms with Crippen LogP contribution < -0.4 is 0 Å². The van der Waals surface area contributed by atoms with Crippen molar-refractivity contribution < 1.29 is 0 Å². The Morgan fingerprint density at radius 3 is 2.71 bits per heavy atom. The van der Waals surface area contributed by atoms with Crippen LogP contribution in [0.25, 0.3) is 0 Å². The number of hydrogen-bond donors (Lipinski definition) is 0. The minimum Gasteiger partial charge on any atom is -0.0888 e. The smallest absolute Gasteiger partial charge is 0.0177 e. The number of rotatable bonds is 2. The van der Waals surface area contributed by atoms with Gasteiger partial charge in [-0.25, -0.2) is 0 Å². The summed E-state index contributed by atoms with van der Waals surface area (Å²) >= 11 is 3.91. The fraction of sp³-hybridized carbons (Fsp3) is 0.625. The molecular weight excluding hydrogens is 272 g/mol. The van der Waals surface area contributed by atoms with Crippen molar-refractivity contribution in [2.45, 2.75) is 57.2 Å². The van der Waals surface area contributed by atoms with Crippen LogP contribution in [0.3, 0.4) is 0 Å². The number of alkyl halides is 1. The van der Waals surface area contributed by atoms with Crippen LogP contribution >= 0.6 is 15.9 Å². The van der Waals surface area contributed by atoms with E-state index in [4.69, 9.17) is 0 Å². The molecule has 0 spiro atoms. The molecule has 2 rings (SSSR count). The first-order chi connectivity index (χ1) is 8.16. The van der Waals surface area contributed by atoms with Crippen molar-refractivity contribution in [3.8, 4) is 0 Å².